The van der Waals surface area contributed by atoms with Crippen LogP contribution in [-0.4, -0.2) is 21.0 Å². The molecule has 3 aromatic heterocycles. The molecule has 0 saturated carbocycles. The van der Waals surface area contributed by atoms with Gasteiger partial charge in [-0.05, 0) is 43.2 Å². The van der Waals surface area contributed by atoms with Gasteiger partial charge in [0, 0.05) is 17.0 Å². The molecular weight excluding hydrogens is 360 g/mol. The van der Waals surface area contributed by atoms with Gasteiger partial charge in [-0.3, -0.25) is 9.78 Å². The molecule has 4 aromatic rings. The Bertz CT molecular complexity index is 1100. The number of thiazole rings is 1. The number of carbonyl (C=O) groups is 1. The first-order valence-electron chi connectivity index (χ1n) is 8.58. The number of benzene rings is 1. The smallest absolute Gasteiger partial charge is 0.226 e. The molecule has 3 heterocycles. The highest BCUT2D eigenvalue weighted by Crippen LogP contribution is 2.24. The third-order valence-corrected chi connectivity index (χ3v) is 5.12. The summed E-state index contributed by atoms with van der Waals surface area (Å²) in [5.74, 6) is -0.114. The van der Waals surface area contributed by atoms with Crippen molar-refractivity contribution in [2.24, 2.45) is 0 Å². The highest BCUT2D eigenvalue weighted by molar-refractivity contribution is 7.13. The number of aromatic nitrogens is 3. The Morgan fingerprint density at radius 3 is 2.96 bits per heavy atom. The molecule has 1 N–H and O–H groups in total. The molecule has 0 fully saturated rings. The Labute approximate surface area is 160 Å². The molecule has 0 aliphatic heterocycles. The zero-order valence-electron chi connectivity index (χ0n) is 15.0. The van der Waals surface area contributed by atoms with Crippen molar-refractivity contribution in [1.82, 2.24) is 20.4 Å². The molecule has 136 valence electrons. The van der Waals surface area contributed by atoms with Crippen molar-refractivity contribution in [3.63, 3.8) is 0 Å². The van der Waals surface area contributed by atoms with E-state index in [1.54, 1.807) is 6.20 Å². The van der Waals surface area contributed by atoms with Crippen LogP contribution in [0.4, 0.5) is 0 Å². The van der Waals surface area contributed by atoms with Crippen LogP contribution in [0.3, 0.4) is 0 Å². The minimum Gasteiger partial charge on any atom is -0.356 e. The lowest BCUT2D eigenvalue weighted by atomic mass is 10.1. The zero-order chi connectivity index (χ0) is 18.8. The first kappa shape index (κ1) is 17.4. The number of carbonyl (C=O) groups excluding carboxylic acids is 1. The summed E-state index contributed by atoms with van der Waals surface area (Å²) < 4.78 is 5.40. The Morgan fingerprint density at radius 2 is 2.15 bits per heavy atom. The molecule has 0 bridgehead atoms. The quantitative estimate of drug-likeness (QED) is 0.571. The van der Waals surface area contributed by atoms with Crippen molar-refractivity contribution >= 4 is 28.2 Å². The largest absolute Gasteiger partial charge is 0.356 e. The maximum atomic E-state index is 12.3. The van der Waals surface area contributed by atoms with Crippen LogP contribution in [0, 0.1) is 13.8 Å². The van der Waals surface area contributed by atoms with Gasteiger partial charge in [-0.15, -0.1) is 11.3 Å². The van der Waals surface area contributed by atoms with Gasteiger partial charge >= 0.3 is 0 Å². The minimum absolute atomic E-state index is 0.114. The van der Waals surface area contributed by atoms with E-state index in [9.17, 15) is 4.79 Å². The second-order valence-corrected chi connectivity index (χ2v) is 7.26. The highest BCUT2D eigenvalue weighted by atomic mass is 32.1. The van der Waals surface area contributed by atoms with E-state index in [0.717, 1.165) is 38.5 Å². The molecule has 0 unspecified atom stereocenters. The van der Waals surface area contributed by atoms with Crippen LogP contribution < -0.4 is 5.32 Å². The van der Waals surface area contributed by atoms with Gasteiger partial charge < -0.3 is 9.84 Å². The lowest BCUT2D eigenvalue weighted by Crippen LogP contribution is -2.24. The number of hydrogen-bond donors (Lipinski definition) is 1. The van der Waals surface area contributed by atoms with E-state index in [1.165, 1.54) is 11.3 Å². The summed E-state index contributed by atoms with van der Waals surface area (Å²) in [4.78, 5) is 21.2. The van der Waals surface area contributed by atoms with E-state index in [-0.39, 0.29) is 12.3 Å². The Hall–Kier alpha value is -3.06. The number of nitrogens with zero attached hydrogens (tertiary/aromatic N) is 3. The predicted molar refractivity (Wildman–Crippen MR) is 104 cm³/mol. The van der Waals surface area contributed by atoms with Crippen LogP contribution in [0.1, 0.15) is 22.5 Å². The Kier molecular flexibility index (Phi) is 4.68. The average molecular weight is 378 g/mol. The van der Waals surface area contributed by atoms with Crippen LogP contribution in [-0.2, 0) is 17.8 Å². The maximum Gasteiger partial charge on any atom is 0.226 e. The van der Waals surface area contributed by atoms with Crippen molar-refractivity contribution in [3.8, 4) is 10.7 Å². The minimum atomic E-state index is -0.114. The van der Waals surface area contributed by atoms with Crippen molar-refractivity contribution in [2.75, 3.05) is 0 Å². The predicted octanol–water partition coefficient (Wildman–Crippen LogP) is 3.82. The topological polar surface area (TPSA) is 80.9 Å². The van der Waals surface area contributed by atoms with Crippen LogP contribution >= 0.6 is 11.3 Å². The number of nitrogens with one attached hydrogen (secondary N) is 1. The number of aryl methyl sites for hydroxylation is 2. The lowest BCUT2D eigenvalue weighted by Gasteiger charge is -2.02. The summed E-state index contributed by atoms with van der Waals surface area (Å²) in [5, 5.41) is 10.6. The lowest BCUT2D eigenvalue weighted by molar-refractivity contribution is -0.120. The summed E-state index contributed by atoms with van der Waals surface area (Å²) in [6.45, 7) is 4.37. The number of pyridine rings is 1. The van der Waals surface area contributed by atoms with Crippen LogP contribution in [0.2, 0.25) is 0 Å². The molecule has 0 atom stereocenters. The molecule has 7 heteroatoms. The monoisotopic (exact) mass is 378 g/mol. The van der Waals surface area contributed by atoms with Crippen LogP contribution in [0.15, 0.2) is 46.4 Å². The second-order valence-electron chi connectivity index (χ2n) is 6.40. The van der Waals surface area contributed by atoms with Gasteiger partial charge in [0.2, 0.25) is 5.91 Å². The van der Waals surface area contributed by atoms with Crippen molar-refractivity contribution < 1.29 is 9.32 Å². The van der Waals surface area contributed by atoms with E-state index >= 15 is 0 Å². The first-order chi connectivity index (χ1) is 13.1. The van der Waals surface area contributed by atoms with Crippen LogP contribution in [0.5, 0.6) is 0 Å². The van der Waals surface area contributed by atoms with E-state index < -0.39 is 0 Å². The molecule has 0 aliphatic carbocycles. The van der Waals surface area contributed by atoms with Crippen molar-refractivity contribution in [3.05, 3.63) is 64.4 Å². The molecule has 1 amide bonds. The van der Waals surface area contributed by atoms with Gasteiger partial charge in [0.1, 0.15) is 10.7 Å². The van der Waals surface area contributed by atoms with Gasteiger partial charge in [0.15, 0.2) is 5.58 Å². The second kappa shape index (κ2) is 7.28. The normalized spacial score (nSPS) is 11.0. The third kappa shape index (κ3) is 3.73. The van der Waals surface area contributed by atoms with Gasteiger partial charge in [0.05, 0.1) is 24.4 Å². The molecule has 0 aliphatic rings. The number of fused-ring (bicyclic) bond motifs is 1. The average Bonchev–Trinajstić information content (AvgIpc) is 3.29. The molecule has 0 radical (unpaired) electrons. The maximum absolute atomic E-state index is 12.3. The summed E-state index contributed by atoms with van der Waals surface area (Å²) in [6.07, 6.45) is 1.91. The fourth-order valence-electron chi connectivity index (χ4n) is 2.97. The molecule has 6 nitrogen and oxygen atoms in total. The number of amides is 1. The molecule has 27 heavy (non-hydrogen) atoms. The zero-order valence-corrected chi connectivity index (χ0v) is 15.8. The summed E-state index contributed by atoms with van der Waals surface area (Å²) in [6, 6.07) is 9.76. The SMILES string of the molecule is Cc1cc(C)c2onc(CC(=O)NCc3csc(-c4ccccn4)n3)c2c1. The molecule has 4 rings (SSSR count). The number of hydrogen-bond acceptors (Lipinski definition) is 6. The fraction of sp³-hybridized carbons (Fsp3) is 0.200. The van der Waals surface area contributed by atoms with Crippen molar-refractivity contribution in [1.29, 1.82) is 0 Å². The van der Waals surface area contributed by atoms with E-state index in [1.807, 2.05) is 49.6 Å². The van der Waals surface area contributed by atoms with E-state index in [0.29, 0.717) is 12.2 Å². The van der Waals surface area contributed by atoms with Crippen molar-refractivity contribution in [2.45, 2.75) is 26.8 Å². The molecular formula is C20H18N4O2S. The summed E-state index contributed by atoms with van der Waals surface area (Å²) >= 11 is 1.51. The summed E-state index contributed by atoms with van der Waals surface area (Å²) in [7, 11) is 0. The molecule has 1 aromatic carbocycles. The third-order valence-electron chi connectivity index (χ3n) is 4.21. The Balaban J connectivity index is 1.41. The van der Waals surface area contributed by atoms with Gasteiger partial charge in [-0.1, -0.05) is 17.3 Å². The Morgan fingerprint density at radius 1 is 1.26 bits per heavy atom. The van der Waals surface area contributed by atoms with Gasteiger partial charge in [0.25, 0.3) is 0 Å². The fourth-order valence-corrected chi connectivity index (χ4v) is 3.76. The first-order valence-corrected chi connectivity index (χ1v) is 9.46. The molecule has 0 saturated heterocycles. The standard InChI is InChI=1S/C20H18N4O2S/c1-12-7-13(2)19-15(8-12)17(24-26-19)9-18(25)22-10-14-11-27-20(23-14)16-5-3-4-6-21-16/h3-8,11H,9-10H2,1-2H3,(H,22,25). The summed E-state index contributed by atoms with van der Waals surface area (Å²) in [5.41, 5.74) is 5.18. The van der Waals surface area contributed by atoms with E-state index in [4.69, 9.17) is 4.52 Å². The molecule has 0 spiro atoms. The number of rotatable bonds is 5. The van der Waals surface area contributed by atoms with Crippen LogP contribution in [0.25, 0.3) is 21.7 Å². The van der Waals surface area contributed by atoms with Gasteiger partial charge in [-0.2, -0.15) is 0 Å². The van der Waals surface area contributed by atoms with Gasteiger partial charge in [-0.25, -0.2) is 4.98 Å². The highest BCUT2D eigenvalue weighted by Gasteiger charge is 2.15. The van der Waals surface area contributed by atoms with E-state index in [2.05, 4.69) is 20.4 Å².